The first-order chi connectivity index (χ1) is 12.3. The van der Waals surface area contributed by atoms with Crippen molar-refractivity contribution in [3.8, 4) is 17.2 Å². The van der Waals surface area contributed by atoms with Gasteiger partial charge in [0.15, 0.2) is 11.5 Å². The zero-order valence-electron chi connectivity index (χ0n) is 15.8. The third kappa shape index (κ3) is 4.04. The van der Waals surface area contributed by atoms with E-state index >= 15 is 0 Å². The molecule has 2 aliphatic rings. The molecule has 0 aromatic heterocycles. The Morgan fingerprint density at radius 2 is 1.52 bits per heavy atom. The van der Waals surface area contributed by atoms with Crippen LogP contribution in [0.4, 0.5) is 0 Å². The lowest BCUT2D eigenvalue weighted by Crippen LogP contribution is -2.47. The van der Waals surface area contributed by atoms with Gasteiger partial charge in [-0.1, -0.05) is 19.3 Å². The van der Waals surface area contributed by atoms with Crippen molar-refractivity contribution in [1.29, 1.82) is 0 Å². The van der Waals surface area contributed by atoms with Gasteiger partial charge in [0.2, 0.25) is 5.75 Å². The molecule has 2 fully saturated rings. The average Bonchev–Trinajstić information content (AvgIpc) is 2.69. The topological polar surface area (TPSA) is 43.0 Å². The number of nitrogens with one attached hydrogen (secondary N) is 1. The highest BCUT2D eigenvalue weighted by molar-refractivity contribution is 5.54. The Hall–Kier alpha value is -1.46. The van der Waals surface area contributed by atoms with E-state index in [1.54, 1.807) is 21.3 Å². The van der Waals surface area contributed by atoms with Crippen LogP contribution < -0.4 is 19.5 Å². The summed E-state index contributed by atoms with van der Waals surface area (Å²) in [5.41, 5.74) is 1.29. The first kappa shape index (κ1) is 18.3. The molecule has 0 radical (unpaired) electrons. The maximum absolute atomic E-state index is 5.61. The molecule has 0 amide bonds. The molecule has 1 aliphatic carbocycles. The molecular weight excluding hydrogens is 316 g/mol. The summed E-state index contributed by atoms with van der Waals surface area (Å²) < 4.78 is 16.7. The van der Waals surface area contributed by atoms with Gasteiger partial charge in [0.25, 0.3) is 0 Å². The molecule has 25 heavy (non-hydrogen) atoms. The van der Waals surface area contributed by atoms with Crippen molar-refractivity contribution in [1.82, 2.24) is 10.2 Å². The van der Waals surface area contributed by atoms with Gasteiger partial charge in [-0.25, -0.2) is 0 Å². The van der Waals surface area contributed by atoms with Gasteiger partial charge in [0, 0.05) is 32.2 Å². The zero-order chi connectivity index (χ0) is 17.6. The number of ether oxygens (including phenoxy) is 3. The Kier molecular flexibility index (Phi) is 6.43. The Balaban J connectivity index is 1.99. The molecule has 1 aromatic rings. The third-order valence-electron chi connectivity index (χ3n) is 5.67. The fraction of sp³-hybridized carbons (Fsp3) is 0.700. The summed E-state index contributed by atoms with van der Waals surface area (Å²) in [6.45, 7) is 4.32. The maximum Gasteiger partial charge on any atom is 0.203 e. The lowest BCUT2D eigenvalue weighted by molar-refractivity contribution is 0.103. The highest BCUT2D eigenvalue weighted by Gasteiger charge is 2.32. The number of rotatable bonds is 6. The first-order valence-corrected chi connectivity index (χ1v) is 9.53. The number of hydrogen-bond acceptors (Lipinski definition) is 5. The molecule has 3 rings (SSSR count). The van der Waals surface area contributed by atoms with Crippen molar-refractivity contribution in [2.24, 2.45) is 5.92 Å². The number of hydrogen-bond donors (Lipinski definition) is 1. The molecule has 0 bridgehead atoms. The number of piperazine rings is 1. The molecule has 1 saturated heterocycles. The second kappa shape index (κ2) is 8.77. The smallest absolute Gasteiger partial charge is 0.203 e. The summed E-state index contributed by atoms with van der Waals surface area (Å²) in [5.74, 6) is 2.90. The summed E-state index contributed by atoms with van der Waals surface area (Å²) in [5, 5.41) is 3.48. The Morgan fingerprint density at radius 3 is 2.04 bits per heavy atom. The Labute approximate surface area is 151 Å². The molecule has 1 saturated carbocycles. The molecule has 1 aromatic carbocycles. The molecule has 0 unspecified atom stereocenters. The molecule has 5 nitrogen and oxygen atoms in total. The number of methoxy groups -OCH3 is 3. The predicted octanol–water partition coefficient (Wildman–Crippen LogP) is 3.24. The van der Waals surface area contributed by atoms with Crippen molar-refractivity contribution < 1.29 is 14.2 Å². The van der Waals surface area contributed by atoms with Crippen LogP contribution in [-0.2, 0) is 0 Å². The van der Waals surface area contributed by atoms with Crippen molar-refractivity contribution in [3.63, 3.8) is 0 Å². The van der Waals surface area contributed by atoms with Gasteiger partial charge < -0.3 is 19.5 Å². The second-order valence-corrected chi connectivity index (χ2v) is 7.09. The van der Waals surface area contributed by atoms with Crippen LogP contribution >= 0.6 is 0 Å². The lowest BCUT2D eigenvalue weighted by atomic mass is 9.80. The van der Waals surface area contributed by atoms with Crippen LogP contribution in [0.25, 0.3) is 0 Å². The molecular formula is C20H32N2O3. The highest BCUT2D eigenvalue weighted by atomic mass is 16.5. The van der Waals surface area contributed by atoms with Crippen LogP contribution in [0.15, 0.2) is 12.1 Å². The fourth-order valence-electron chi connectivity index (χ4n) is 4.46. The summed E-state index contributed by atoms with van der Waals surface area (Å²) in [6, 6.07) is 4.74. The van der Waals surface area contributed by atoms with Crippen molar-refractivity contribution in [2.45, 2.75) is 38.1 Å². The standard InChI is InChI=1S/C20H32N2O3/c1-23-17-13-16(14-18(24-2)20(17)25-3)19(15-7-5-4-6-8-15)22-11-9-21-10-12-22/h13-15,19,21H,4-12H2,1-3H3/t19-/m1/s1. The van der Waals surface area contributed by atoms with Crippen LogP contribution in [0.5, 0.6) is 17.2 Å². The van der Waals surface area contributed by atoms with Crippen LogP contribution in [0.3, 0.4) is 0 Å². The monoisotopic (exact) mass is 348 g/mol. The number of nitrogens with zero attached hydrogens (tertiary/aromatic N) is 1. The lowest BCUT2D eigenvalue weighted by Gasteiger charge is -2.41. The molecule has 1 heterocycles. The highest BCUT2D eigenvalue weighted by Crippen LogP contribution is 2.45. The van der Waals surface area contributed by atoms with E-state index in [0.717, 1.165) is 37.7 Å². The van der Waals surface area contributed by atoms with Crippen LogP contribution in [0.1, 0.15) is 43.7 Å². The molecule has 5 heteroatoms. The predicted molar refractivity (Wildman–Crippen MR) is 99.9 cm³/mol. The van der Waals surface area contributed by atoms with Gasteiger partial charge in [0.05, 0.1) is 21.3 Å². The Bertz CT molecular complexity index is 509. The molecule has 1 N–H and O–H groups in total. The van der Waals surface area contributed by atoms with E-state index in [-0.39, 0.29) is 0 Å². The van der Waals surface area contributed by atoms with Gasteiger partial charge in [-0.3, -0.25) is 4.90 Å². The average molecular weight is 348 g/mol. The molecule has 1 atom stereocenters. The van der Waals surface area contributed by atoms with E-state index in [2.05, 4.69) is 22.3 Å². The largest absolute Gasteiger partial charge is 0.493 e. The summed E-state index contributed by atoms with van der Waals surface area (Å²) in [7, 11) is 5.05. The van der Waals surface area contributed by atoms with Crippen molar-refractivity contribution in [2.75, 3.05) is 47.5 Å². The van der Waals surface area contributed by atoms with E-state index in [9.17, 15) is 0 Å². The van der Waals surface area contributed by atoms with E-state index in [1.165, 1.54) is 37.7 Å². The minimum absolute atomic E-state index is 0.427. The quantitative estimate of drug-likeness (QED) is 0.855. The SMILES string of the molecule is COc1cc([C@@H](C2CCCCC2)N2CCNCC2)cc(OC)c1OC. The minimum Gasteiger partial charge on any atom is -0.493 e. The van der Waals surface area contributed by atoms with Gasteiger partial charge in [-0.15, -0.1) is 0 Å². The van der Waals surface area contributed by atoms with Crippen LogP contribution in [-0.4, -0.2) is 52.4 Å². The molecule has 1 aliphatic heterocycles. The normalized spacial score (nSPS) is 20.9. The maximum atomic E-state index is 5.61. The summed E-state index contributed by atoms with van der Waals surface area (Å²) in [6.07, 6.45) is 6.69. The minimum atomic E-state index is 0.427. The van der Waals surface area contributed by atoms with E-state index in [0.29, 0.717) is 17.7 Å². The van der Waals surface area contributed by atoms with Crippen molar-refractivity contribution >= 4 is 0 Å². The second-order valence-electron chi connectivity index (χ2n) is 7.09. The first-order valence-electron chi connectivity index (χ1n) is 9.53. The summed E-state index contributed by atoms with van der Waals surface area (Å²) in [4.78, 5) is 2.65. The zero-order valence-corrected chi connectivity index (χ0v) is 15.8. The summed E-state index contributed by atoms with van der Waals surface area (Å²) >= 11 is 0. The Morgan fingerprint density at radius 1 is 0.920 bits per heavy atom. The fourth-order valence-corrected chi connectivity index (χ4v) is 4.46. The van der Waals surface area contributed by atoms with Crippen molar-refractivity contribution in [3.05, 3.63) is 17.7 Å². The van der Waals surface area contributed by atoms with Gasteiger partial charge >= 0.3 is 0 Å². The van der Waals surface area contributed by atoms with E-state index in [4.69, 9.17) is 14.2 Å². The molecule has 0 spiro atoms. The van der Waals surface area contributed by atoms with Crippen LogP contribution in [0, 0.1) is 5.92 Å². The van der Waals surface area contributed by atoms with Gasteiger partial charge in [-0.05, 0) is 36.5 Å². The van der Waals surface area contributed by atoms with E-state index < -0.39 is 0 Å². The number of benzene rings is 1. The molecule has 140 valence electrons. The van der Waals surface area contributed by atoms with Gasteiger partial charge in [-0.2, -0.15) is 0 Å². The third-order valence-corrected chi connectivity index (χ3v) is 5.67. The van der Waals surface area contributed by atoms with E-state index in [1.807, 2.05) is 0 Å². The van der Waals surface area contributed by atoms with Gasteiger partial charge in [0.1, 0.15) is 0 Å². The van der Waals surface area contributed by atoms with Crippen LogP contribution in [0.2, 0.25) is 0 Å².